The number of carbonyl (C=O) groups excluding carboxylic acids is 1. The van der Waals surface area contributed by atoms with Crippen molar-refractivity contribution in [2.24, 2.45) is 0 Å². The summed E-state index contributed by atoms with van der Waals surface area (Å²) in [6.07, 6.45) is 5.61. The molecule has 1 amide bonds. The molecule has 0 spiro atoms. The van der Waals surface area contributed by atoms with E-state index in [1.165, 1.54) is 0 Å². The predicted octanol–water partition coefficient (Wildman–Crippen LogP) is 4.24. The number of rotatable bonds is 5. The molecule has 0 fully saturated rings. The van der Waals surface area contributed by atoms with Gasteiger partial charge in [-0.05, 0) is 35.7 Å². The molecule has 4 rings (SSSR count). The number of nitrogens with one attached hydrogen (secondary N) is 1. The molecule has 3 aromatic heterocycles. The fraction of sp³-hybridized carbons (Fsp3) is 0.0556. The molecule has 0 saturated heterocycles. The van der Waals surface area contributed by atoms with Gasteiger partial charge in [0.1, 0.15) is 5.01 Å². The molecule has 1 N–H and O–H groups in total. The van der Waals surface area contributed by atoms with Crippen molar-refractivity contribution in [2.45, 2.75) is 6.42 Å². The van der Waals surface area contributed by atoms with Gasteiger partial charge in [-0.15, -0.1) is 22.7 Å². The number of hydrogen-bond acceptors (Lipinski definition) is 5. The molecular weight excluding hydrogens is 352 g/mol. The summed E-state index contributed by atoms with van der Waals surface area (Å²) in [7, 11) is 0. The lowest BCUT2D eigenvalue weighted by Crippen LogP contribution is -2.14. The molecule has 124 valence electrons. The lowest BCUT2D eigenvalue weighted by Gasteiger charge is -2.06. The summed E-state index contributed by atoms with van der Waals surface area (Å²) in [5.74, 6) is -0.0709. The van der Waals surface area contributed by atoms with Gasteiger partial charge in [-0.25, -0.2) is 9.97 Å². The molecule has 0 atom stereocenters. The van der Waals surface area contributed by atoms with Crippen molar-refractivity contribution < 1.29 is 4.79 Å². The van der Waals surface area contributed by atoms with Crippen molar-refractivity contribution in [3.05, 3.63) is 71.6 Å². The first-order chi connectivity index (χ1) is 12.3. The Hall–Kier alpha value is -2.77. The van der Waals surface area contributed by atoms with E-state index in [4.69, 9.17) is 0 Å². The van der Waals surface area contributed by atoms with Crippen LogP contribution < -0.4 is 5.32 Å². The number of carbonyl (C=O) groups is 1. The molecule has 1 aromatic carbocycles. The Kier molecular flexibility index (Phi) is 4.41. The van der Waals surface area contributed by atoms with Crippen LogP contribution in [-0.2, 0) is 11.2 Å². The Morgan fingerprint density at radius 1 is 1.16 bits per heavy atom. The van der Waals surface area contributed by atoms with Gasteiger partial charge in [0.05, 0.1) is 23.3 Å². The van der Waals surface area contributed by atoms with Gasteiger partial charge in [-0.1, -0.05) is 6.07 Å². The normalized spacial score (nSPS) is 10.7. The number of amides is 1. The Balaban J connectivity index is 1.39. The van der Waals surface area contributed by atoms with Crippen molar-refractivity contribution in [3.63, 3.8) is 0 Å². The average molecular weight is 366 g/mol. The Labute approximate surface area is 152 Å². The molecule has 0 aliphatic rings. The van der Waals surface area contributed by atoms with E-state index in [1.54, 1.807) is 35.2 Å². The summed E-state index contributed by atoms with van der Waals surface area (Å²) >= 11 is 3.22. The van der Waals surface area contributed by atoms with Crippen LogP contribution in [0.1, 0.15) is 5.69 Å². The lowest BCUT2D eigenvalue weighted by molar-refractivity contribution is -0.115. The first-order valence-electron chi connectivity index (χ1n) is 7.64. The number of nitrogens with zero attached hydrogens (tertiary/aromatic N) is 3. The van der Waals surface area contributed by atoms with Crippen LogP contribution in [0.25, 0.3) is 15.6 Å². The number of thiazole rings is 1. The topological polar surface area (TPSA) is 59.8 Å². The number of aromatic nitrogens is 3. The highest BCUT2D eigenvalue weighted by Crippen LogP contribution is 2.28. The van der Waals surface area contributed by atoms with E-state index in [9.17, 15) is 4.79 Å². The SMILES string of the molecule is O=C(Cc1csc(-c2cccs2)n1)Nc1ccc(-n2ccnc2)cc1. The van der Waals surface area contributed by atoms with E-state index in [0.717, 1.165) is 27.0 Å². The van der Waals surface area contributed by atoms with Gasteiger partial charge in [-0.3, -0.25) is 4.79 Å². The maximum absolute atomic E-state index is 12.2. The van der Waals surface area contributed by atoms with Crippen LogP contribution >= 0.6 is 22.7 Å². The minimum absolute atomic E-state index is 0.0709. The van der Waals surface area contributed by atoms with Gasteiger partial charge >= 0.3 is 0 Å². The molecule has 4 aromatic rings. The quantitative estimate of drug-likeness (QED) is 0.575. The number of anilines is 1. The molecule has 0 aliphatic heterocycles. The standard InChI is InChI=1S/C18H14N4OS2/c23-17(10-14-11-25-18(21-14)16-2-1-9-24-16)20-13-3-5-15(6-4-13)22-8-7-19-12-22/h1-9,11-12H,10H2,(H,20,23). The average Bonchev–Trinajstić information content (AvgIpc) is 3.37. The van der Waals surface area contributed by atoms with E-state index in [1.807, 2.05) is 57.9 Å². The van der Waals surface area contributed by atoms with Crippen LogP contribution in [0.15, 0.2) is 65.9 Å². The fourth-order valence-electron chi connectivity index (χ4n) is 2.40. The van der Waals surface area contributed by atoms with Gasteiger partial charge in [-0.2, -0.15) is 0 Å². The Morgan fingerprint density at radius 2 is 2.04 bits per heavy atom. The smallest absolute Gasteiger partial charge is 0.230 e. The second-order valence-electron chi connectivity index (χ2n) is 5.36. The summed E-state index contributed by atoms with van der Waals surface area (Å²) in [6, 6.07) is 11.7. The van der Waals surface area contributed by atoms with Gasteiger partial charge in [0.2, 0.25) is 5.91 Å². The number of thiophene rings is 1. The highest BCUT2D eigenvalue weighted by atomic mass is 32.1. The molecule has 3 heterocycles. The molecular formula is C18H14N4OS2. The lowest BCUT2D eigenvalue weighted by atomic mass is 10.2. The highest BCUT2D eigenvalue weighted by molar-refractivity contribution is 7.20. The van der Waals surface area contributed by atoms with Crippen LogP contribution in [0.5, 0.6) is 0 Å². The number of imidazole rings is 1. The highest BCUT2D eigenvalue weighted by Gasteiger charge is 2.10. The first kappa shape index (κ1) is 15.7. The van der Waals surface area contributed by atoms with Crippen molar-refractivity contribution in [1.82, 2.24) is 14.5 Å². The molecule has 5 nitrogen and oxygen atoms in total. The molecule has 0 saturated carbocycles. The van der Waals surface area contributed by atoms with Crippen LogP contribution in [0.2, 0.25) is 0 Å². The number of benzene rings is 1. The fourth-order valence-corrected chi connectivity index (χ4v) is 4.03. The zero-order valence-electron chi connectivity index (χ0n) is 13.1. The maximum Gasteiger partial charge on any atom is 0.230 e. The minimum atomic E-state index is -0.0709. The van der Waals surface area contributed by atoms with Gasteiger partial charge in [0.25, 0.3) is 0 Å². The summed E-state index contributed by atoms with van der Waals surface area (Å²) in [5, 5.41) is 7.84. The van der Waals surface area contributed by atoms with E-state index >= 15 is 0 Å². The second-order valence-corrected chi connectivity index (χ2v) is 7.17. The third-order valence-corrected chi connectivity index (χ3v) is 5.51. The molecule has 7 heteroatoms. The van der Waals surface area contributed by atoms with Crippen LogP contribution in [0.3, 0.4) is 0 Å². The second kappa shape index (κ2) is 7.00. The molecule has 0 unspecified atom stereocenters. The summed E-state index contributed by atoms with van der Waals surface area (Å²) in [4.78, 5) is 21.9. The zero-order chi connectivity index (χ0) is 17.1. The maximum atomic E-state index is 12.2. The summed E-state index contributed by atoms with van der Waals surface area (Å²) in [6.45, 7) is 0. The largest absolute Gasteiger partial charge is 0.326 e. The van der Waals surface area contributed by atoms with E-state index in [2.05, 4.69) is 15.3 Å². The van der Waals surface area contributed by atoms with Crippen molar-refractivity contribution >= 4 is 34.3 Å². The number of hydrogen-bond donors (Lipinski definition) is 1. The van der Waals surface area contributed by atoms with Crippen molar-refractivity contribution in [1.29, 1.82) is 0 Å². The first-order valence-corrected chi connectivity index (χ1v) is 9.40. The van der Waals surface area contributed by atoms with E-state index in [0.29, 0.717) is 0 Å². The van der Waals surface area contributed by atoms with Gasteiger partial charge in [0, 0.05) is 29.1 Å². The summed E-state index contributed by atoms with van der Waals surface area (Å²) in [5.41, 5.74) is 2.55. The Bertz CT molecular complexity index is 957. The van der Waals surface area contributed by atoms with Gasteiger partial charge in [0.15, 0.2) is 0 Å². The van der Waals surface area contributed by atoms with E-state index in [-0.39, 0.29) is 12.3 Å². The van der Waals surface area contributed by atoms with E-state index < -0.39 is 0 Å². The van der Waals surface area contributed by atoms with Crippen LogP contribution in [-0.4, -0.2) is 20.4 Å². The summed E-state index contributed by atoms with van der Waals surface area (Å²) < 4.78 is 1.91. The van der Waals surface area contributed by atoms with Crippen LogP contribution in [0.4, 0.5) is 5.69 Å². The van der Waals surface area contributed by atoms with Gasteiger partial charge < -0.3 is 9.88 Å². The molecule has 0 radical (unpaired) electrons. The predicted molar refractivity (Wildman–Crippen MR) is 101 cm³/mol. The third-order valence-electron chi connectivity index (χ3n) is 3.58. The molecule has 25 heavy (non-hydrogen) atoms. The van der Waals surface area contributed by atoms with Crippen LogP contribution in [0, 0.1) is 0 Å². The molecule has 0 aliphatic carbocycles. The van der Waals surface area contributed by atoms with Crippen molar-refractivity contribution in [2.75, 3.05) is 5.32 Å². The monoisotopic (exact) mass is 366 g/mol. The zero-order valence-corrected chi connectivity index (χ0v) is 14.8. The Morgan fingerprint density at radius 3 is 2.76 bits per heavy atom. The minimum Gasteiger partial charge on any atom is -0.326 e. The third kappa shape index (κ3) is 3.67. The molecule has 0 bridgehead atoms. The van der Waals surface area contributed by atoms with Crippen molar-refractivity contribution in [3.8, 4) is 15.6 Å².